The molecule has 0 unspecified atom stereocenters. The number of H-pyrrole nitrogens is 1. The van der Waals surface area contributed by atoms with Crippen molar-refractivity contribution in [2.24, 2.45) is 0 Å². The molecule has 0 amide bonds. The number of ether oxygens (including phenoxy) is 1. The molecule has 30 heavy (non-hydrogen) atoms. The molecule has 4 nitrogen and oxygen atoms in total. The topological polar surface area (TPSA) is 54.1 Å². The minimum absolute atomic E-state index is 0.0888. The number of esters is 1. The lowest BCUT2D eigenvalue weighted by Crippen LogP contribution is -2.36. The number of aromatic nitrogens is 1. The molecule has 150 valence electrons. The van der Waals surface area contributed by atoms with Crippen LogP contribution in [0.2, 0.25) is 0 Å². The Morgan fingerprint density at radius 3 is 2.37 bits per heavy atom. The second-order valence-corrected chi connectivity index (χ2v) is 7.71. The van der Waals surface area contributed by atoms with Crippen LogP contribution < -0.4 is 5.32 Å². The zero-order valence-corrected chi connectivity index (χ0v) is 16.7. The van der Waals surface area contributed by atoms with Crippen LogP contribution in [0.15, 0.2) is 84.9 Å². The van der Waals surface area contributed by atoms with Crippen LogP contribution in [0.25, 0.3) is 22.2 Å². The normalized spacial score (nSPS) is 17.2. The molecule has 2 N–H and O–H groups in total. The van der Waals surface area contributed by atoms with E-state index in [1.54, 1.807) is 0 Å². The molecule has 2 atom stereocenters. The van der Waals surface area contributed by atoms with Gasteiger partial charge >= 0.3 is 5.97 Å². The number of carbonyl (C=O) groups is 1. The fourth-order valence-electron chi connectivity index (χ4n) is 4.37. The van der Waals surface area contributed by atoms with Crippen LogP contribution in [0.3, 0.4) is 0 Å². The Hall–Kier alpha value is -3.37. The molecule has 1 aromatic heterocycles. The van der Waals surface area contributed by atoms with E-state index in [1.165, 1.54) is 16.5 Å². The van der Waals surface area contributed by atoms with Crippen molar-refractivity contribution in [2.75, 3.05) is 13.2 Å². The van der Waals surface area contributed by atoms with Crippen molar-refractivity contribution in [3.63, 3.8) is 0 Å². The molecular weight excluding hydrogens is 372 g/mol. The number of aromatic amines is 1. The van der Waals surface area contributed by atoms with Crippen LogP contribution >= 0.6 is 0 Å². The molecule has 0 spiro atoms. The summed E-state index contributed by atoms with van der Waals surface area (Å²) in [7, 11) is 0. The maximum Gasteiger partial charge on any atom is 0.323 e. The number of nitrogens with one attached hydrogen (secondary N) is 2. The van der Waals surface area contributed by atoms with E-state index in [9.17, 15) is 4.79 Å². The van der Waals surface area contributed by atoms with E-state index in [4.69, 9.17) is 4.74 Å². The predicted molar refractivity (Wildman–Crippen MR) is 119 cm³/mol. The molecule has 2 heterocycles. The second-order valence-electron chi connectivity index (χ2n) is 7.71. The van der Waals surface area contributed by atoms with Gasteiger partial charge in [-0.2, -0.15) is 0 Å². The van der Waals surface area contributed by atoms with Crippen LogP contribution in [-0.4, -0.2) is 30.1 Å². The van der Waals surface area contributed by atoms with Gasteiger partial charge in [-0.05, 0) is 22.8 Å². The zero-order valence-electron chi connectivity index (χ0n) is 16.7. The standard InChI is InChI=1S/C26H24N2O2/c29-26-23(15-16-30-26)27-17-21(18-9-3-1-4-10-18)24-20-13-7-8-14-22(20)28-25(24)19-11-5-2-6-12-19/h1-14,21,23,27-28H,15-17H2/t21-,23+/m1/s1. The number of fused-ring (bicyclic) bond motifs is 1. The number of para-hydroxylation sites is 1. The van der Waals surface area contributed by atoms with Crippen LogP contribution in [0, 0.1) is 0 Å². The molecule has 3 aromatic carbocycles. The Morgan fingerprint density at radius 2 is 1.63 bits per heavy atom. The quantitative estimate of drug-likeness (QED) is 0.457. The first-order valence-electron chi connectivity index (χ1n) is 10.4. The van der Waals surface area contributed by atoms with Gasteiger partial charge < -0.3 is 15.0 Å². The molecule has 1 saturated heterocycles. The van der Waals surface area contributed by atoms with E-state index in [0.717, 1.165) is 23.2 Å². The molecule has 0 aliphatic carbocycles. The van der Waals surface area contributed by atoms with Crippen molar-refractivity contribution in [1.29, 1.82) is 0 Å². The monoisotopic (exact) mass is 396 g/mol. The van der Waals surface area contributed by atoms with E-state index < -0.39 is 0 Å². The summed E-state index contributed by atoms with van der Waals surface area (Å²) in [4.78, 5) is 15.7. The molecule has 1 fully saturated rings. The number of benzene rings is 3. The van der Waals surface area contributed by atoms with Crippen LogP contribution in [0.4, 0.5) is 0 Å². The molecule has 5 rings (SSSR count). The van der Waals surface area contributed by atoms with Crippen LogP contribution in [0.1, 0.15) is 23.5 Å². The largest absolute Gasteiger partial charge is 0.464 e. The summed E-state index contributed by atoms with van der Waals surface area (Å²) in [6.07, 6.45) is 0.722. The van der Waals surface area contributed by atoms with Crippen LogP contribution in [-0.2, 0) is 9.53 Å². The molecule has 4 heteroatoms. The number of carbonyl (C=O) groups excluding carboxylic acids is 1. The molecule has 0 bridgehead atoms. The summed E-state index contributed by atoms with van der Waals surface area (Å²) in [5.41, 5.74) is 5.87. The smallest absolute Gasteiger partial charge is 0.323 e. The number of rotatable bonds is 6. The van der Waals surface area contributed by atoms with Crippen molar-refractivity contribution in [2.45, 2.75) is 18.4 Å². The maximum atomic E-state index is 12.0. The van der Waals surface area contributed by atoms with Crippen LogP contribution in [0.5, 0.6) is 0 Å². The van der Waals surface area contributed by atoms with E-state index >= 15 is 0 Å². The summed E-state index contributed by atoms with van der Waals surface area (Å²) in [5.74, 6) is -0.0602. The first kappa shape index (κ1) is 18.6. The van der Waals surface area contributed by atoms with Gasteiger partial charge in [-0.15, -0.1) is 0 Å². The summed E-state index contributed by atoms with van der Waals surface area (Å²) < 4.78 is 5.15. The molecule has 0 radical (unpaired) electrons. The lowest BCUT2D eigenvalue weighted by atomic mass is 9.87. The number of hydrogen-bond acceptors (Lipinski definition) is 3. The highest BCUT2D eigenvalue weighted by atomic mass is 16.5. The van der Waals surface area contributed by atoms with Gasteiger partial charge in [0.15, 0.2) is 0 Å². The Labute approximate surface area is 175 Å². The van der Waals surface area contributed by atoms with Gasteiger partial charge in [-0.1, -0.05) is 78.9 Å². The Bertz CT molecular complexity index is 1150. The van der Waals surface area contributed by atoms with Gasteiger partial charge in [0.25, 0.3) is 0 Å². The highest BCUT2D eigenvalue weighted by molar-refractivity contribution is 5.92. The van der Waals surface area contributed by atoms with Crippen molar-refractivity contribution < 1.29 is 9.53 Å². The lowest BCUT2D eigenvalue weighted by Gasteiger charge is -2.21. The van der Waals surface area contributed by atoms with Crippen molar-refractivity contribution in [1.82, 2.24) is 10.3 Å². The van der Waals surface area contributed by atoms with Crippen molar-refractivity contribution in [3.05, 3.63) is 96.1 Å². The van der Waals surface area contributed by atoms with E-state index in [1.807, 2.05) is 12.1 Å². The summed E-state index contributed by atoms with van der Waals surface area (Å²) in [6.45, 7) is 1.15. The SMILES string of the molecule is O=C1OCC[C@@H]1NC[C@H](c1ccccc1)c1c(-c2ccccc2)[nH]c2ccccc12. The molecular formula is C26H24N2O2. The zero-order chi connectivity index (χ0) is 20.3. The fraction of sp³-hybridized carbons (Fsp3) is 0.192. The lowest BCUT2D eigenvalue weighted by molar-refractivity contribution is -0.139. The van der Waals surface area contributed by atoms with Gasteiger partial charge in [0.05, 0.1) is 12.3 Å². The summed E-state index contributed by atoms with van der Waals surface area (Å²) in [6, 6.07) is 29.1. The maximum absolute atomic E-state index is 12.0. The fourth-order valence-corrected chi connectivity index (χ4v) is 4.37. The third-order valence-electron chi connectivity index (χ3n) is 5.86. The Balaban J connectivity index is 1.64. The van der Waals surface area contributed by atoms with Gasteiger partial charge in [0.2, 0.25) is 0 Å². The first-order chi connectivity index (χ1) is 14.8. The number of hydrogen-bond donors (Lipinski definition) is 2. The number of cyclic esters (lactones) is 1. The Kier molecular flexibility index (Phi) is 5.08. The highest BCUT2D eigenvalue weighted by Crippen LogP contribution is 2.38. The van der Waals surface area contributed by atoms with Gasteiger partial charge in [0, 0.05) is 29.8 Å². The minimum Gasteiger partial charge on any atom is -0.464 e. The summed E-state index contributed by atoms with van der Waals surface area (Å²) >= 11 is 0. The summed E-state index contributed by atoms with van der Waals surface area (Å²) in [5, 5.41) is 4.68. The average molecular weight is 396 g/mol. The van der Waals surface area contributed by atoms with Crippen molar-refractivity contribution >= 4 is 16.9 Å². The second kappa shape index (κ2) is 8.17. The van der Waals surface area contributed by atoms with Gasteiger partial charge in [-0.25, -0.2) is 0 Å². The van der Waals surface area contributed by atoms with Crippen molar-refractivity contribution in [3.8, 4) is 11.3 Å². The van der Waals surface area contributed by atoms with E-state index in [2.05, 4.69) is 83.1 Å². The van der Waals surface area contributed by atoms with E-state index in [0.29, 0.717) is 13.2 Å². The van der Waals surface area contributed by atoms with Gasteiger partial charge in [0.1, 0.15) is 6.04 Å². The minimum atomic E-state index is -0.235. The molecule has 4 aromatic rings. The average Bonchev–Trinajstić information content (AvgIpc) is 3.39. The molecule has 1 aliphatic rings. The third kappa shape index (κ3) is 3.51. The third-order valence-corrected chi connectivity index (χ3v) is 5.86. The van der Waals surface area contributed by atoms with Gasteiger partial charge in [-0.3, -0.25) is 4.79 Å². The van der Waals surface area contributed by atoms with E-state index in [-0.39, 0.29) is 17.9 Å². The Morgan fingerprint density at radius 1 is 0.933 bits per heavy atom. The predicted octanol–water partition coefficient (Wildman–Crippen LogP) is 4.87. The molecule has 0 saturated carbocycles. The highest BCUT2D eigenvalue weighted by Gasteiger charge is 2.29. The molecule has 1 aliphatic heterocycles. The first-order valence-corrected chi connectivity index (χ1v) is 10.4.